The number of phenols is 2. The van der Waals surface area contributed by atoms with Gasteiger partial charge < -0.3 is 64.2 Å². The zero-order valence-corrected chi connectivity index (χ0v) is 20.2. The van der Waals surface area contributed by atoms with Gasteiger partial charge >= 0.3 is 0 Å². The molecule has 14 nitrogen and oxygen atoms in total. The molecule has 0 bridgehead atoms. The second-order valence-electron chi connectivity index (χ2n) is 9.25. The van der Waals surface area contributed by atoms with Gasteiger partial charge in [-0.05, 0) is 31.2 Å². The topological polar surface area (TPSA) is 229 Å². The molecule has 2 saturated heterocycles. The highest BCUT2D eigenvalue weighted by Gasteiger charge is 2.47. The highest BCUT2D eigenvalue weighted by Crippen LogP contribution is 2.38. The van der Waals surface area contributed by atoms with Crippen molar-refractivity contribution in [2.45, 2.75) is 62.4 Å². The first-order valence-electron chi connectivity index (χ1n) is 11.8. The lowest BCUT2D eigenvalue weighted by atomic mass is 10.1. The van der Waals surface area contributed by atoms with E-state index in [1.165, 1.54) is 37.3 Å². The Balaban J connectivity index is 1.58. The van der Waals surface area contributed by atoms with Crippen LogP contribution in [0, 0.1) is 0 Å². The summed E-state index contributed by atoms with van der Waals surface area (Å²) in [5.41, 5.74) is -0.908. The Morgan fingerprint density at radius 3 is 2.08 bits per heavy atom. The first-order valence-corrected chi connectivity index (χ1v) is 11.8. The molecule has 3 aromatic rings. The largest absolute Gasteiger partial charge is 0.508 e. The van der Waals surface area contributed by atoms with E-state index in [0.717, 1.165) is 6.07 Å². The molecule has 0 radical (unpaired) electrons. The fourth-order valence-electron chi connectivity index (χ4n) is 4.38. The van der Waals surface area contributed by atoms with E-state index in [1.54, 1.807) is 0 Å². The number of ether oxygens (including phenoxy) is 4. The molecule has 3 heterocycles. The van der Waals surface area contributed by atoms with Crippen LogP contribution in [-0.2, 0) is 9.47 Å². The van der Waals surface area contributed by atoms with Gasteiger partial charge in [-0.3, -0.25) is 4.79 Å². The Kier molecular flexibility index (Phi) is 7.13. The number of hydrogen-bond donors (Lipinski definition) is 8. The Hall–Kier alpha value is -3.47. The summed E-state index contributed by atoms with van der Waals surface area (Å²) >= 11 is 0. The molecule has 8 N–H and O–H groups in total. The molecule has 1 aromatic heterocycles. The third kappa shape index (κ3) is 4.88. The molecule has 0 saturated carbocycles. The summed E-state index contributed by atoms with van der Waals surface area (Å²) in [5, 5.41) is 79.8. The number of rotatable bonds is 6. The van der Waals surface area contributed by atoms with Crippen LogP contribution in [0.5, 0.6) is 23.0 Å². The number of aromatic hydroxyl groups is 2. The Bertz CT molecular complexity index is 1400. The average molecular weight is 550 g/mol. The Morgan fingerprint density at radius 1 is 0.846 bits per heavy atom. The predicted octanol–water partition coefficient (Wildman–Crippen LogP) is -1.15. The van der Waals surface area contributed by atoms with Gasteiger partial charge in [-0.15, -0.1) is 0 Å². The minimum Gasteiger partial charge on any atom is -0.508 e. The maximum absolute atomic E-state index is 13.5. The first kappa shape index (κ1) is 27.1. The van der Waals surface area contributed by atoms with Crippen LogP contribution >= 0.6 is 0 Å². The van der Waals surface area contributed by atoms with Crippen molar-refractivity contribution >= 4 is 11.0 Å². The van der Waals surface area contributed by atoms with Crippen molar-refractivity contribution in [3.05, 3.63) is 46.6 Å². The van der Waals surface area contributed by atoms with Crippen molar-refractivity contribution in [1.82, 2.24) is 0 Å². The maximum Gasteiger partial charge on any atom is 0.239 e. The molecule has 39 heavy (non-hydrogen) atoms. The highest BCUT2D eigenvalue weighted by atomic mass is 16.8. The lowest BCUT2D eigenvalue weighted by Crippen LogP contribution is -2.38. The van der Waals surface area contributed by atoms with Crippen molar-refractivity contribution in [3.63, 3.8) is 0 Å². The van der Waals surface area contributed by atoms with E-state index in [9.17, 15) is 45.6 Å². The lowest BCUT2D eigenvalue weighted by Gasteiger charge is -2.20. The molecule has 5 rings (SSSR count). The van der Waals surface area contributed by atoms with E-state index in [4.69, 9.17) is 23.4 Å². The van der Waals surface area contributed by atoms with Gasteiger partial charge in [0, 0.05) is 17.7 Å². The summed E-state index contributed by atoms with van der Waals surface area (Å²) in [6.07, 6.45) is -13.6. The molecule has 9 atom stereocenters. The second kappa shape index (κ2) is 10.3. The number of benzene rings is 2. The standard InChI is InChI=1S/C25H26O14/c1-8(26)20-16(30)18(32)24(37-20)35-11-6-12(28)14-13(7-11)36-21(9-2-4-10(27)5-3-9)22(15(14)29)38-25-19(33)17(31)23(34)39-25/h2-8,16-20,23-28,30-34H,1H3. The van der Waals surface area contributed by atoms with Crippen LogP contribution in [0.4, 0.5) is 0 Å². The fourth-order valence-corrected chi connectivity index (χ4v) is 4.38. The number of aliphatic hydroxyl groups excluding tert-OH is 6. The summed E-state index contributed by atoms with van der Waals surface area (Å²) in [6, 6.07) is 7.62. The second-order valence-corrected chi connectivity index (χ2v) is 9.25. The number of aliphatic hydroxyl groups is 6. The predicted molar refractivity (Wildman–Crippen MR) is 128 cm³/mol. The molecule has 2 aliphatic heterocycles. The summed E-state index contributed by atoms with van der Waals surface area (Å²) in [7, 11) is 0. The van der Waals surface area contributed by atoms with Crippen LogP contribution in [0.25, 0.3) is 22.3 Å². The molecule has 9 unspecified atom stereocenters. The van der Waals surface area contributed by atoms with Gasteiger partial charge in [0.05, 0.1) is 6.10 Å². The van der Waals surface area contributed by atoms with E-state index >= 15 is 0 Å². The molecule has 14 heteroatoms. The molecular formula is C25H26O14. The molecular weight excluding hydrogens is 524 g/mol. The van der Waals surface area contributed by atoms with Gasteiger partial charge in [-0.2, -0.15) is 0 Å². The van der Waals surface area contributed by atoms with Gasteiger partial charge in [0.2, 0.25) is 23.8 Å². The molecule has 210 valence electrons. The van der Waals surface area contributed by atoms with Gasteiger partial charge in [0.25, 0.3) is 0 Å². The van der Waals surface area contributed by atoms with Gasteiger partial charge in [-0.1, -0.05) is 0 Å². The normalized spacial score (nSPS) is 31.5. The van der Waals surface area contributed by atoms with Crippen molar-refractivity contribution in [2.75, 3.05) is 0 Å². The summed E-state index contributed by atoms with van der Waals surface area (Å²) < 4.78 is 27.4. The average Bonchev–Trinajstić information content (AvgIpc) is 3.30. The van der Waals surface area contributed by atoms with Crippen LogP contribution in [0.15, 0.2) is 45.6 Å². The molecule has 2 fully saturated rings. The van der Waals surface area contributed by atoms with E-state index in [1.807, 2.05) is 0 Å². The highest BCUT2D eigenvalue weighted by molar-refractivity contribution is 5.88. The van der Waals surface area contributed by atoms with E-state index in [0.29, 0.717) is 0 Å². The summed E-state index contributed by atoms with van der Waals surface area (Å²) in [5.74, 6) is -1.62. The Morgan fingerprint density at radius 2 is 1.49 bits per heavy atom. The van der Waals surface area contributed by atoms with Crippen molar-refractivity contribution < 1.29 is 64.2 Å². The number of fused-ring (bicyclic) bond motifs is 1. The van der Waals surface area contributed by atoms with Gasteiger partial charge in [0.1, 0.15) is 58.7 Å². The third-order valence-electron chi connectivity index (χ3n) is 6.45. The van der Waals surface area contributed by atoms with Crippen LogP contribution in [-0.4, -0.2) is 96.3 Å². The smallest absolute Gasteiger partial charge is 0.239 e. The third-order valence-corrected chi connectivity index (χ3v) is 6.45. The first-order chi connectivity index (χ1) is 18.5. The molecule has 2 aromatic carbocycles. The zero-order chi connectivity index (χ0) is 28.2. The minimum absolute atomic E-state index is 0.0914. The molecule has 0 aliphatic carbocycles. The fraction of sp³-hybridized carbons (Fsp3) is 0.400. The van der Waals surface area contributed by atoms with Crippen LogP contribution < -0.4 is 14.9 Å². The van der Waals surface area contributed by atoms with Crippen LogP contribution in [0.2, 0.25) is 0 Å². The van der Waals surface area contributed by atoms with E-state index in [2.05, 4.69) is 0 Å². The van der Waals surface area contributed by atoms with Gasteiger partial charge in [0.15, 0.2) is 12.1 Å². The summed E-state index contributed by atoms with van der Waals surface area (Å²) in [6.45, 7) is 1.36. The minimum atomic E-state index is -1.79. The summed E-state index contributed by atoms with van der Waals surface area (Å²) in [4.78, 5) is 13.5. The molecule has 0 spiro atoms. The zero-order valence-electron chi connectivity index (χ0n) is 20.2. The molecule has 0 amide bonds. The molecule has 2 aliphatic rings. The van der Waals surface area contributed by atoms with Gasteiger partial charge in [-0.25, -0.2) is 0 Å². The van der Waals surface area contributed by atoms with E-state index in [-0.39, 0.29) is 33.8 Å². The van der Waals surface area contributed by atoms with E-state index < -0.39 is 72.4 Å². The number of hydrogen-bond acceptors (Lipinski definition) is 14. The lowest BCUT2D eigenvalue weighted by molar-refractivity contribution is -0.171. The van der Waals surface area contributed by atoms with Crippen molar-refractivity contribution in [3.8, 4) is 34.3 Å². The van der Waals surface area contributed by atoms with Crippen LogP contribution in [0.3, 0.4) is 0 Å². The quantitative estimate of drug-likeness (QED) is 0.181. The van der Waals surface area contributed by atoms with Crippen molar-refractivity contribution in [1.29, 1.82) is 0 Å². The Labute approximate surface area is 219 Å². The number of phenolic OH excluding ortho intramolecular Hbond substituents is 2. The monoisotopic (exact) mass is 550 g/mol. The van der Waals surface area contributed by atoms with Crippen molar-refractivity contribution in [2.24, 2.45) is 0 Å². The SMILES string of the molecule is CC(O)C1OC(Oc2cc(O)c3c(=O)c(OC4OC(O)C(O)C4O)c(-c4ccc(O)cc4)oc3c2)C(O)C1O. The maximum atomic E-state index is 13.5. The van der Waals surface area contributed by atoms with Crippen LogP contribution in [0.1, 0.15) is 6.92 Å².